The monoisotopic (exact) mass is 266 g/mol. The van der Waals surface area contributed by atoms with Crippen LogP contribution in [0.15, 0.2) is 0 Å². The molecule has 0 bridgehead atoms. The predicted octanol–water partition coefficient (Wildman–Crippen LogP) is 3.66. The highest BCUT2D eigenvalue weighted by molar-refractivity contribution is 5.04. The van der Waals surface area contributed by atoms with Gasteiger partial charge in [0.25, 0.3) is 0 Å². The van der Waals surface area contributed by atoms with Gasteiger partial charge in [-0.05, 0) is 50.0 Å². The van der Waals surface area contributed by atoms with Crippen molar-refractivity contribution < 1.29 is 0 Å². The van der Waals surface area contributed by atoms with Gasteiger partial charge < -0.3 is 5.32 Å². The van der Waals surface area contributed by atoms with Gasteiger partial charge in [0.15, 0.2) is 0 Å². The molecule has 0 aliphatic heterocycles. The van der Waals surface area contributed by atoms with Gasteiger partial charge in [-0.1, -0.05) is 34.6 Å². The normalized spacial score (nSPS) is 30.5. The van der Waals surface area contributed by atoms with Gasteiger partial charge in [0.05, 0.1) is 0 Å². The van der Waals surface area contributed by atoms with Crippen molar-refractivity contribution in [2.24, 2.45) is 11.3 Å². The number of nitrogens with one attached hydrogen (secondary N) is 1. The summed E-state index contributed by atoms with van der Waals surface area (Å²) >= 11 is 0. The van der Waals surface area contributed by atoms with E-state index in [0.29, 0.717) is 11.5 Å². The van der Waals surface area contributed by atoms with Crippen molar-refractivity contribution in [1.29, 1.82) is 0 Å². The van der Waals surface area contributed by atoms with E-state index in [1.54, 1.807) is 0 Å². The standard InChI is InChI=1S/C17H34N2/c1-6-11-18-16-15(9-10-17(16,4)5)19(12-13(2)3)14-7-8-14/h13-16,18H,6-12H2,1-5H3. The first-order valence-electron chi connectivity index (χ1n) is 8.45. The Bertz CT molecular complexity index is 281. The predicted molar refractivity (Wildman–Crippen MR) is 83.5 cm³/mol. The summed E-state index contributed by atoms with van der Waals surface area (Å²) in [6, 6.07) is 2.36. The van der Waals surface area contributed by atoms with Crippen LogP contribution < -0.4 is 5.32 Å². The van der Waals surface area contributed by atoms with Gasteiger partial charge in [-0.2, -0.15) is 0 Å². The molecule has 0 saturated heterocycles. The van der Waals surface area contributed by atoms with Crippen LogP contribution in [0.5, 0.6) is 0 Å². The van der Waals surface area contributed by atoms with E-state index in [-0.39, 0.29) is 0 Å². The van der Waals surface area contributed by atoms with Crippen molar-refractivity contribution in [2.75, 3.05) is 13.1 Å². The van der Waals surface area contributed by atoms with Gasteiger partial charge in [0.2, 0.25) is 0 Å². The van der Waals surface area contributed by atoms with E-state index < -0.39 is 0 Å². The van der Waals surface area contributed by atoms with E-state index in [2.05, 4.69) is 44.8 Å². The molecule has 2 rings (SSSR count). The third-order valence-corrected chi connectivity index (χ3v) is 4.94. The average molecular weight is 266 g/mol. The van der Waals surface area contributed by atoms with E-state index >= 15 is 0 Å². The zero-order valence-corrected chi connectivity index (χ0v) is 13.7. The molecule has 2 heteroatoms. The minimum absolute atomic E-state index is 0.462. The van der Waals surface area contributed by atoms with E-state index in [0.717, 1.165) is 18.0 Å². The molecule has 2 aliphatic rings. The second kappa shape index (κ2) is 6.13. The average Bonchev–Trinajstić information content (AvgIpc) is 3.10. The van der Waals surface area contributed by atoms with Crippen molar-refractivity contribution in [3.05, 3.63) is 0 Å². The summed E-state index contributed by atoms with van der Waals surface area (Å²) in [5, 5.41) is 3.87. The van der Waals surface area contributed by atoms with Crippen LogP contribution in [0, 0.1) is 11.3 Å². The zero-order valence-electron chi connectivity index (χ0n) is 13.7. The highest BCUT2D eigenvalue weighted by atomic mass is 15.2. The molecule has 2 aliphatic carbocycles. The van der Waals surface area contributed by atoms with Gasteiger partial charge in [-0.3, -0.25) is 4.90 Å². The molecule has 19 heavy (non-hydrogen) atoms. The summed E-state index contributed by atoms with van der Waals surface area (Å²) in [7, 11) is 0. The second-order valence-corrected chi connectivity index (χ2v) is 7.85. The first-order valence-corrected chi connectivity index (χ1v) is 8.45. The van der Waals surface area contributed by atoms with E-state index in [4.69, 9.17) is 0 Å². The molecular formula is C17H34N2. The Hall–Kier alpha value is -0.0800. The summed E-state index contributed by atoms with van der Waals surface area (Å²) in [4.78, 5) is 2.85. The van der Waals surface area contributed by atoms with Crippen LogP contribution in [-0.2, 0) is 0 Å². The minimum Gasteiger partial charge on any atom is -0.312 e. The van der Waals surface area contributed by atoms with E-state index in [9.17, 15) is 0 Å². The summed E-state index contributed by atoms with van der Waals surface area (Å²) in [5.41, 5.74) is 0.462. The number of hydrogen-bond donors (Lipinski definition) is 1. The van der Waals surface area contributed by atoms with E-state index in [1.807, 2.05) is 0 Å². The van der Waals surface area contributed by atoms with Gasteiger partial charge in [0.1, 0.15) is 0 Å². The third kappa shape index (κ3) is 3.72. The molecule has 0 aromatic carbocycles. The van der Waals surface area contributed by atoms with Gasteiger partial charge >= 0.3 is 0 Å². The molecule has 0 heterocycles. The smallest absolute Gasteiger partial charge is 0.0274 e. The Morgan fingerprint density at radius 1 is 1.21 bits per heavy atom. The molecule has 2 fully saturated rings. The molecule has 2 nitrogen and oxygen atoms in total. The molecule has 2 atom stereocenters. The van der Waals surface area contributed by atoms with E-state index in [1.165, 1.54) is 45.2 Å². The Morgan fingerprint density at radius 3 is 2.42 bits per heavy atom. The third-order valence-electron chi connectivity index (χ3n) is 4.94. The Kier molecular flexibility index (Phi) is 4.94. The molecule has 0 radical (unpaired) electrons. The van der Waals surface area contributed by atoms with Crippen LogP contribution in [-0.4, -0.2) is 36.1 Å². The molecule has 1 N–H and O–H groups in total. The van der Waals surface area contributed by atoms with Crippen LogP contribution in [0.4, 0.5) is 0 Å². The number of hydrogen-bond acceptors (Lipinski definition) is 2. The first-order chi connectivity index (χ1) is 8.95. The lowest BCUT2D eigenvalue weighted by molar-refractivity contribution is 0.122. The quantitative estimate of drug-likeness (QED) is 0.756. The van der Waals surface area contributed by atoms with Crippen molar-refractivity contribution in [2.45, 2.75) is 84.8 Å². The second-order valence-electron chi connectivity index (χ2n) is 7.85. The highest BCUT2D eigenvalue weighted by Gasteiger charge is 2.47. The fourth-order valence-corrected chi connectivity index (χ4v) is 3.82. The number of rotatable bonds is 7. The maximum absolute atomic E-state index is 3.87. The Morgan fingerprint density at radius 2 is 1.89 bits per heavy atom. The molecule has 0 aromatic heterocycles. The molecule has 2 saturated carbocycles. The molecule has 2 unspecified atom stereocenters. The fraction of sp³-hybridized carbons (Fsp3) is 1.00. The molecule has 0 amide bonds. The Labute approximate surface area is 120 Å². The summed E-state index contributed by atoms with van der Waals surface area (Å²) < 4.78 is 0. The SMILES string of the molecule is CCCNC1C(N(CC(C)C)C2CC2)CCC1(C)C. The van der Waals surface area contributed by atoms with Crippen LogP contribution in [0.25, 0.3) is 0 Å². The Balaban J connectivity index is 2.06. The van der Waals surface area contributed by atoms with Gasteiger partial charge in [0, 0.05) is 24.7 Å². The maximum atomic E-state index is 3.87. The lowest BCUT2D eigenvalue weighted by Gasteiger charge is -2.39. The van der Waals surface area contributed by atoms with Crippen molar-refractivity contribution >= 4 is 0 Å². The van der Waals surface area contributed by atoms with Crippen LogP contribution in [0.3, 0.4) is 0 Å². The lowest BCUT2D eigenvalue weighted by Crippen LogP contribution is -2.53. The summed E-state index contributed by atoms with van der Waals surface area (Å²) in [6.07, 6.45) is 6.87. The topological polar surface area (TPSA) is 15.3 Å². The number of nitrogens with zero attached hydrogens (tertiary/aromatic N) is 1. The molecule has 0 aromatic rings. The lowest BCUT2D eigenvalue weighted by atomic mass is 9.86. The molecular weight excluding hydrogens is 232 g/mol. The first kappa shape index (κ1) is 15.3. The zero-order chi connectivity index (χ0) is 14.0. The minimum atomic E-state index is 0.462. The van der Waals surface area contributed by atoms with Crippen molar-refractivity contribution in [1.82, 2.24) is 10.2 Å². The maximum Gasteiger partial charge on any atom is 0.0274 e. The summed E-state index contributed by atoms with van der Waals surface area (Å²) in [6.45, 7) is 14.4. The molecule has 0 spiro atoms. The largest absolute Gasteiger partial charge is 0.312 e. The highest BCUT2D eigenvalue weighted by Crippen LogP contribution is 2.43. The van der Waals surface area contributed by atoms with Crippen molar-refractivity contribution in [3.8, 4) is 0 Å². The van der Waals surface area contributed by atoms with Crippen molar-refractivity contribution in [3.63, 3.8) is 0 Å². The van der Waals surface area contributed by atoms with Gasteiger partial charge in [-0.25, -0.2) is 0 Å². The van der Waals surface area contributed by atoms with Crippen LogP contribution in [0.1, 0.15) is 66.7 Å². The molecule has 112 valence electrons. The van der Waals surface area contributed by atoms with Gasteiger partial charge in [-0.15, -0.1) is 0 Å². The van der Waals surface area contributed by atoms with Crippen LogP contribution in [0.2, 0.25) is 0 Å². The fourth-order valence-electron chi connectivity index (χ4n) is 3.82. The van der Waals surface area contributed by atoms with Crippen LogP contribution >= 0.6 is 0 Å². The summed E-state index contributed by atoms with van der Waals surface area (Å²) in [5.74, 6) is 0.788.